The van der Waals surface area contributed by atoms with E-state index in [0.29, 0.717) is 10.5 Å². The lowest BCUT2D eigenvalue weighted by atomic mass is 9.60. The second kappa shape index (κ2) is 5.60. The first kappa shape index (κ1) is 16.4. The first-order valence-corrected chi connectivity index (χ1v) is 9.46. The maximum Gasteiger partial charge on any atom is 0.344 e. The Balaban J connectivity index is 1.90. The highest BCUT2D eigenvalue weighted by atomic mass is 32.2. The SMILES string of the molecule is COC(=O)C1=CC2=C(C(=O)OC)C3c4ccccc4C2(S1)c1ccccc13. The van der Waals surface area contributed by atoms with Crippen molar-refractivity contribution in [2.24, 2.45) is 0 Å². The molecule has 2 aromatic rings. The summed E-state index contributed by atoms with van der Waals surface area (Å²) in [5.41, 5.74) is 5.87. The molecule has 4 nitrogen and oxygen atoms in total. The number of benzene rings is 2. The van der Waals surface area contributed by atoms with Crippen molar-refractivity contribution >= 4 is 23.7 Å². The smallest absolute Gasteiger partial charge is 0.344 e. The monoisotopic (exact) mass is 376 g/mol. The van der Waals surface area contributed by atoms with Gasteiger partial charge in [0.25, 0.3) is 0 Å². The maximum atomic E-state index is 12.8. The Hall–Kier alpha value is -2.79. The Morgan fingerprint density at radius 3 is 2.00 bits per heavy atom. The van der Waals surface area contributed by atoms with Gasteiger partial charge in [-0.1, -0.05) is 60.3 Å². The Morgan fingerprint density at radius 2 is 1.44 bits per heavy atom. The lowest BCUT2D eigenvalue weighted by Crippen LogP contribution is -2.40. The average Bonchev–Trinajstić information content (AvgIpc) is 3.14. The Labute approximate surface area is 160 Å². The van der Waals surface area contributed by atoms with Gasteiger partial charge in [-0.15, -0.1) is 0 Å². The van der Waals surface area contributed by atoms with E-state index in [-0.39, 0.29) is 17.9 Å². The highest BCUT2D eigenvalue weighted by Gasteiger charge is 2.57. The summed E-state index contributed by atoms with van der Waals surface area (Å²) in [5, 5.41) is 0. The van der Waals surface area contributed by atoms with E-state index in [1.54, 1.807) is 0 Å². The van der Waals surface area contributed by atoms with Crippen molar-refractivity contribution < 1.29 is 19.1 Å². The fourth-order valence-electron chi connectivity index (χ4n) is 4.61. The molecule has 134 valence electrons. The van der Waals surface area contributed by atoms with Crippen LogP contribution in [0.4, 0.5) is 0 Å². The molecule has 4 aliphatic rings. The summed E-state index contributed by atoms with van der Waals surface area (Å²) in [6.07, 6.45) is 1.81. The van der Waals surface area contributed by atoms with Crippen molar-refractivity contribution in [3.63, 3.8) is 0 Å². The molecule has 2 aromatic carbocycles. The van der Waals surface area contributed by atoms with Crippen molar-refractivity contribution in [3.8, 4) is 0 Å². The van der Waals surface area contributed by atoms with Crippen molar-refractivity contribution in [1.29, 1.82) is 0 Å². The molecule has 27 heavy (non-hydrogen) atoms. The van der Waals surface area contributed by atoms with Gasteiger partial charge in [-0.3, -0.25) is 0 Å². The highest BCUT2D eigenvalue weighted by molar-refractivity contribution is 8.05. The van der Waals surface area contributed by atoms with Gasteiger partial charge in [0.15, 0.2) is 0 Å². The van der Waals surface area contributed by atoms with E-state index in [9.17, 15) is 9.59 Å². The summed E-state index contributed by atoms with van der Waals surface area (Å²) in [5.74, 6) is -0.944. The fourth-order valence-corrected chi connectivity index (χ4v) is 6.15. The standard InChI is InChI=1S/C22H16O4S/c1-25-20(23)17-11-16-19(21(24)26-2)18-12-7-3-5-9-14(12)22(16,27-17)15-10-6-4-8-13(15)18/h3-11,18H,1-2H3. The summed E-state index contributed by atoms with van der Waals surface area (Å²) in [6, 6.07) is 16.3. The van der Waals surface area contributed by atoms with Crippen molar-refractivity contribution in [2.45, 2.75) is 10.7 Å². The van der Waals surface area contributed by atoms with E-state index < -0.39 is 4.75 Å². The quantitative estimate of drug-likeness (QED) is 0.749. The van der Waals surface area contributed by atoms with Gasteiger partial charge in [-0.2, -0.15) is 0 Å². The van der Waals surface area contributed by atoms with Gasteiger partial charge in [0.05, 0.1) is 29.4 Å². The minimum absolute atomic E-state index is 0.199. The minimum Gasteiger partial charge on any atom is -0.466 e. The zero-order chi connectivity index (χ0) is 18.8. The van der Waals surface area contributed by atoms with Crippen LogP contribution in [-0.4, -0.2) is 26.2 Å². The van der Waals surface area contributed by atoms with Crippen LogP contribution in [0.1, 0.15) is 28.2 Å². The Bertz CT molecular complexity index is 1030. The van der Waals surface area contributed by atoms with Crippen LogP contribution in [0.2, 0.25) is 0 Å². The maximum absolute atomic E-state index is 12.8. The number of thioether (sulfide) groups is 1. The van der Waals surface area contributed by atoms with Gasteiger partial charge >= 0.3 is 11.9 Å². The molecule has 1 spiro atoms. The fraction of sp³-hybridized carbons (Fsp3) is 0.182. The predicted molar refractivity (Wildman–Crippen MR) is 102 cm³/mol. The number of carbonyl (C=O) groups excluding carboxylic acids is 2. The van der Waals surface area contributed by atoms with Crippen LogP contribution in [0.25, 0.3) is 0 Å². The number of esters is 2. The Kier molecular flexibility index (Phi) is 3.40. The first-order valence-electron chi connectivity index (χ1n) is 8.64. The summed E-state index contributed by atoms with van der Waals surface area (Å²) >= 11 is 1.45. The number of carbonyl (C=O) groups is 2. The predicted octanol–water partition coefficient (Wildman–Crippen LogP) is 3.66. The van der Waals surface area contributed by atoms with Crippen LogP contribution in [-0.2, 0) is 23.8 Å². The molecule has 0 radical (unpaired) electrons. The molecule has 0 aromatic heterocycles. The number of hydrogen-bond donors (Lipinski definition) is 0. The normalized spacial score (nSPS) is 23.9. The molecular weight excluding hydrogens is 360 g/mol. The largest absolute Gasteiger partial charge is 0.466 e. The van der Waals surface area contributed by atoms with Crippen LogP contribution >= 0.6 is 11.8 Å². The summed E-state index contributed by atoms with van der Waals surface area (Å²) in [6.45, 7) is 0. The zero-order valence-electron chi connectivity index (χ0n) is 14.8. The van der Waals surface area contributed by atoms with Gasteiger partial charge in [0.2, 0.25) is 0 Å². The summed E-state index contributed by atoms with van der Waals surface area (Å²) in [4.78, 5) is 25.7. The van der Waals surface area contributed by atoms with E-state index in [1.165, 1.54) is 26.0 Å². The van der Waals surface area contributed by atoms with Crippen molar-refractivity contribution in [2.75, 3.05) is 14.2 Å². The zero-order valence-corrected chi connectivity index (χ0v) is 15.6. The van der Waals surface area contributed by atoms with E-state index in [4.69, 9.17) is 9.47 Å². The van der Waals surface area contributed by atoms with E-state index in [2.05, 4.69) is 24.3 Å². The van der Waals surface area contributed by atoms with E-state index in [1.807, 2.05) is 30.3 Å². The third kappa shape index (κ3) is 1.90. The lowest BCUT2D eigenvalue weighted by Gasteiger charge is -2.47. The molecule has 3 aliphatic carbocycles. The number of hydrogen-bond acceptors (Lipinski definition) is 5. The molecule has 2 bridgehead atoms. The molecule has 0 fully saturated rings. The van der Waals surface area contributed by atoms with E-state index in [0.717, 1.165) is 27.8 Å². The Morgan fingerprint density at radius 1 is 0.889 bits per heavy atom. The van der Waals surface area contributed by atoms with Crippen molar-refractivity contribution in [3.05, 3.63) is 92.9 Å². The van der Waals surface area contributed by atoms with Gasteiger partial charge in [0, 0.05) is 5.92 Å². The number of rotatable bonds is 2. The summed E-state index contributed by atoms with van der Waals surface area (Å²) < 4.78 is 9.49. The molecule has 0 amide bonds. The second-order valence-electron chi connectivity index (χ2n) is 6.71. The topological polar surface area (TPSA) is 52.6 Å². The molecule has 0 atom stereocenters. The van der Waals surface area contributed by atoms with Crippen molar-refractivity contribution in [1.82, 2.24) is 0 Å². The molecular formula is C22H16O4S. The molecule has 5 heteroatoms. The van der Waals surface area contributed by atoms with Crippen LogP contribution in [0.5, 0.6) is 0 Å². The second-order valence-corrected chi connectivity index (χ2v) is 7.97. The molecule has 1 aliphatic heterocycles. The molecule has 0 saturated heterocycles. The minimum atomic E-state index is -0.630. The highest BCUT2D eigenvalue weighted by Crippen LogP contribution is 2.68. The molecule has 0 N–H and O–H groups in total. The molecule has 6 rings (SSSR count). The average molecular weight is 376 g/mol. The number of allylic oxidation sites excluding steroid dienone is 1. The van der Waals surface area contributed by atoms with E-state index >= 15 is 0 Å². The first-order chi connectivity index (χ1) is 13.1. The van der Waals surface area contributed by atoms with Crippen LogP contribution < -0.4 is 0 Å². The van der Waals surface area contributed by atoms with Gasteiger partial charge in [-0.05, 0) is 33.9 Å². The summed E-state index contributed by atoms with van der Waals surface area (Å²) in [7, 11) is 2.77. The van der Waals surface area contributed by atoms with Crippen LogP contribution in [0.15, 0.2) is 70.7 Å². The van der Waals surface area contributed by atoms with Crippen LogP contribution in [0.3, 0.4) is 0 Å². The van der Waals surface area contributed by atoms with Gasteiger partial charge in [0.1, 0.15) is 0 Å². The van der Waals surface area contributed by atoms with Crippen LogP contribution in [0, 0.1) is 0 Å². The number of ether oxygens (including phenoxy) is 2. The van der Waals surface area contributed by atoms with Gasteiger partial charge in [-0.25, -0.2) is 9.59 Å². The molecule has 1 heterocycles. The molecule has 0 saturated carbocycles. The molecule has 0 unspecified atom stereocenters. The van der Waals surface area contributed by atoms with Gasteiger partial charge < -0.3 is 9.47 Å². The third-order valence-corrected chi connectivity index (χ3v) is 7.06. The number of methoxy groups -OCH3 is 2. The lowest BCUT2D eigenvalue weighted by molar-refractivity contribution is -0.137. The third-order valence-electron chi connectivity index (χ3n) is 5.59.